The van der Waals surface area contributed by atoms with E-state index < -0.39 is 0 Å². The first-order valence-electron chi connectivity index (χ1n) is 10.4. The van der Waals surface area contributed by atoms with Gasteiger partial charge in [-0.1, -0.05) is 112 Å². The quantitative estimate of drug-likeness (QED) is 0.204. The van der Waals surface area contributed by atoms with Gasteiger partial charge in [-0.3, -0.25) is 0 Å². The zero-order valence-electron chi connectivity index (χ0n) is 16.5. The van der Waals surface area contributed by atoms with Crippen molar-refractivity contribution in [3.05, 3.63) is 129 Å². The zero-order chi connectivity index (χ0) is 20.7. The van der Waals surface area contributed by atoms with Crippen LogP contribution in [-0.2, 0) is 5.41 Å². The Kier molecular flexibility index (Phi) is 3.49. The number of hydrogen-bond acceptors (Lipinski definition) is 0. The van der Waals surface area contributed by atoms with Crippen LogP contribution in [0.5, 0.6) is 0 Å². The summed E-state index contributed by atoms with van der Waals surface area (Å²) in [5.74, 6) is 0. The van der Waals surface area contributed by atoms with Crippen LogP contribution in [0.2, 0.25) is 5.02 Å². The molecule has 146 valence electrons. The topological polar surface area (TPSA) is 0 Å². The molecule has 2 heteroatoms. The summed E-state index contributed by atoms with van der Waals surface area (Å²) in [4.78, 5) is 0. The number of fused-ring (bicyclic) bond motifs is 12. The van der Waals surface area contributed by atoms with Crippen LogP contribution in [0.25, 0.3) is 33.0 Å². The van der Waals surface area contributed by atoms with Gasteiger partial charge in [0.05, 0.1) is 5.41 Å². The van der Waals surface area contributed by atoms with Crippen molar-refractivity contribution in [3.63, 3.8) is 0 Å². The molecule has 5 aromatic rings. The maximum Gasteiger partial charge on any atom is 0.0726 e. The molecule has 0 heterocycles. The highest BCUT2D eigenvalue weighted by molar-refractivity contribution is 9.10. The van der Waals surface area contributed by atoms with E-state index in [2.05, 4.69) is 107 Å². The summed E-state index contributed by atoms with van der Waals surface area (Å²) in [5, 5.41) is 3.34. The molecular weight excluding hydrogens is 464 g/mol. The van der Waals surface area contributed by atoms with Gasteiger partial charge in [0.2, 0.25) is 0 Å². The molecule has 0 radical (unpaired) electrons. The van der Waals surface area contributed by atoms with E-state index in [4.69, 9.17) is 11.6 Å². The molecule has 0 fully saturated rings. The third-order valence-electron chi connectivity index (χ3n) is 7.02. The molecule has 2 aliphatic carbocycles. The highest BCUT2D eigenvalue weighted by Gasteiger charge is 2.52. The third-order valence-corrected chi connectivity index (χ3v) is 7.99. The van der Waals surface area contributed by atoms with Crippen molar-refractivity contribution in [1.29, 1.82) is 0 Å². The minimum Gasteiger partial charge on any atom is -0.0837 e. The fourth-order valence-corrected chi connectivity index (χ4v) is 6.81. The Morgan fingerprint density at radius 3 is 1.87 bits per heavy atom. The molecule has 0 bridgehead atoms. The predicted octanol–water partition coefficient (Wildman–Crippen LogP) is 8.60. The van der Waals surface area contributed by atoms with Gasteiger partial charge in [-0.15, -0.1) is 0 Å². The van der Waals surface area contributed by atoms with Crippen molar-refractivity contribution in [2.45, 2.75) is 5.41 Å². The van der Waals surface area contributed by atoms with E-state index in [0.29, 0.717) is 0 Å². The first kappa shape index (κ1) is 17.8. The van der Waals surface area contributed by atoms with Crippen LogP contribution in [0.4, 0.5) is 0 Å². The molecule has 0 saturated heterocycles. The summed E-state index contributed by atoms with van der Waals surface area (Å²) in [5.41, 5.74) is 9.91. The normalized spacial score (nSPS) is 17.5. The molecule has 2 aliphatic rings. The molecule has 1 spiro atoms. The average molecular weight is 480 g/mol. The minimum atomic E-state index is -0.366. The van der Waals surface area contributed by atoms with Crippen molar-refractivity contribution in [2.24, 2.45) is 0 Å². The molecule has 0 amide bonds. The number of benzene rings is 5. The van der Waals surface area contributed by atoms with Crippen LogP contribution >= 0.6 is 27.5 Å². The van der Waals surface area contributed by atoms with Crippen molar-refractivity contribution < 1.29 is 0 Å². The molecule has 0 aliphatic heterocycles. The summed E-state index contributed by atoms with van der Waals surface area (Å²) in [6.45, 7) is 0. The Balaban J connectivity index is 1.77. The van der Waals surface area contributed by atoms with Gasteiger partial charge in [0, 0.05) is 15.1 Å². The summed E-state index contributed by atoms with van der Waals surface area (Å²) >= 11 is 10.7. The lowest BCUT2D eigenvalue weighted by Gasteiger charge is -2.30. The van der Waals surface area contributed by atoms with E-state index in [1.165, 1.54) is 49.7 Å². The lowest BCUT2D eigenvalue weighted by Crippen LogP contribution is -2.25. The van der Waals surface area contributed by atoms with E-state index >= 15 is 0 Å². The standard InChI is InChI=1S/C29H16BrCl/c30-25-16-24-27(18-9-2-1-8-17(18)25)19-10-3-5-12-21(19)29(24)22-13-6-4-11-20(22)28-23(29)14-7-15-26(28)31/h1-16H. The van der Waals surface area contributed by atoms with Crippen molar-refractivity contribution in [3.8, 4) is 22.3 Å². The molecule has 0 aromatic heterocycles. The third kappa shape index (κ3) is 2.02. The van der Waals surface area contributed by atoms with Crippen LogP contribution in [0.15, 0.2) is 102 Å². The molecular formula is C29H16BrCl. The second-order valence-corrected chi connectivity index (χ2v) is 9.59. The van der Waals surface area contributed by atoms with Gasteiger partial charge in [-0.2, -0.15) is 0 Å². The Bertz CT molecular complexity index is 1570. The van der Waals surface area contributed by atoms with Gasteiger partial charge < -0.3 is 0 Å². The van der Waals surface area contributed by atoms with Gasteiger partial charge in [-0.05, 0) is 61.8 Å². The molecule has 5 aromatic carbocycles. The van der Waals surface area contributed by atoms with Crippen LogP contribution in [0.3, 0.4) is 0 Å². The van der Waals surface area contributed by atoms with Gasteiger partial charge in [0.25, 0.3) is 0 Å². The number of hydrogen-bond donors (Lipinski definition) is 0. The molecule has 1 atom stereocenters. The molecule has 0 saturated carbocycles. The first-order chi connectivity index (χ1) is 15.2. The van der Waals surface area contributed by atoms with Gasteiger partial charge in [-0.25, -0.2) is 0 Å². The van der Waals surface area contributed by atoms with E-state index in [-0.39, 0.29) is 5.41 Å². The Hall–Kier alpha value is -2.87. The lowest BCUT2D eigenvalue weighted by atomic mass is 9.70. The smallest absolute Gasteiger partial charge is 0.0726 e. The summed E-state index contributed by atoms with van der Waals surface area (Å²) in [6.07, 6.45) is 0. The van der Waals surface area contributed by atoms with Crippen LogP contribution in [0.1, 0.15) is 22.3 Å². The van der Waals surface area contributed by atoms with Crippen LogP contribution in [-0.4, -0.2) is 0 Å². The predicted molar refractivity (Wildman–Crippen MR) is 133 cm³/mol. The second-order valence-electron chi connectivity index (χ2n) is 8.33. The van der Waals surface area contributed by atoms with Gasteiger partial charge >= 0.3 is 0 Å². The Morgan fingerprint density at radius 1 is 0.548 bits per heavy atom. The number of halogens is 2. The van der Waals surface area contributed by atoms with E-state index in [0.717, 1.165) is 15.1 Å². The molecule has 0 N–H and O–H groups in total. The summed E-state index contributed by atoms with van der Waals surface area (Å²) in [7, 11) is 0. The first-order valence-corrected chi connectivity index (χ1v) is 11.6. The van der Waals surface area contributed by atoms with Crippen LogP contribution < -0.4 is 0 Å². The largest absolute Gasteiger partial charge is 0.0837 e. The summed E-state index contributed by atoms with van der Waals surface area (Å²) < 4.78 is 1.13. The molecule has 1 unspecified atom stereocenters. The monoisotopic (exact) mass is 478 g/mol. The molecule has 0 nitrogen and oxygen atoms in total. The van der Waals surface area contributed by atoms with E-state index in [1.807, 2.05) is 6.07 Å². The minimum absolute atomic E-state index is 0.366. The molecule has 7 rings (SSSR count). The average Bonchev–Trinajstić information content (AvgIpc) is 3.27. The Labute approximate surface area is 194 Å². The van der Waals surface area contributed by atoms with Gasteiger partial charge in [0.1, 0.15) is 0 Å². The maximum absolute atomic E-state index is 6.83. The van der Waals surface area contributed by atoms with Gasteiger partial charge in [0.15, 0.2) is 0 Å². The lowest BCUT2D eigenvalue weighted by molar-refractivity contribution is 0.794. The zero-order valence-corrected chi connectivity index (χ0v) is 18.8. The SMILES string of the molecule is Clc1cccc2c1-c1ccccc1C21c2ccccc2-c2c1cc(Br)c1ccccc21. The second kappa shape index (κ2) is 6.09. The van der Waals surface area contributed by atoms with E-state index in [1.54, 1.807) is 0 Å². The van der Waals surface area contributed by atoms with Crippen molar-refractivity contribution in [2.75, 3.05) is 0 Å². The fraction of sp³-hybridized carbons (Fsp3) is 0.0345. The van der Waals surface area contributed by atoms with Crippen molar-refractivity contribution in [1.82, 2.24) is 0 Å². The van der Waals surface area contributed by atoms with Crippen molar-refractivity contribution >= 4 is 38.3 Å². The maximum atomic E-state index is 6.83. The van der Waals surface area contributed by atoms with Crippen LogP contribution in [0, 0.1) is 0 Å². The fourth-order valence-electron chi connectivity index (χ4n) is 5.95. The number of rotatable bonds is 0. The highest BCUT2D eigenvalue weighted by atomic mass is 79.9. The molecule has 31 heavy (non-hydrogen) atoms. The van der Waals surface area contributed by atoms with E-state index in [9.17, 15) is 0 Å². The Morgan fingerprint density at radius 2 is 1.13 bits per heavy atom. The summed E-state index contributed by atoms with van der Waals surface area (Å²) in [6, 6.07) is 35.0. The highest BCUT2D eigenvalue weighted by Crippen LogP contribution is 2.64.